The van der Waals surface area contributed by atoms with E-state index in [1.165, 1.54) is 43.2 Å². The number of rotatable bonds is 8. The third-order valence-electron chi connectivity index (χ3n) is 4.36. The van der Waals surface area contributed by atoms with Gasteiger partial charge in [-0.1, -0.05) is 75.9 Å². The van der Waals surface area contributed by atoms with Crippen molar-refractivity contribution in [2.45, 2.75) is 58.8 Å². The van der Waals surface area contributed by atoms with E-state index < -0.39 is 0 Å². The molecule has 2 aromatic rings. The van der Waals surface area contributed by atoms with Crippen LogP contribution in [0.4, 0.5) is 0 Å². The molecule has 0 radical (unpaired) electrons. The number of aromatic hydroxyl groups is 1. The van der Waals surface area contributed by atoms with Crippen LogP contribution in [0.1, 0.15) is 57.1 Å². The zero-order chi connectivity index (χ0) is 15.8. The van der Waals surface area contributed by atoms with Crippen molar-refractivity contribution >= 4 is 0 Å². The number of hydrogen-bond donors (Lipinski definition) is 1. The van der Waals surface area contributed by atoms with Crippen LogP contribution in [0.3, 0.4) is 0 Å². The quantitative estimate of drug-likeness (QED) is 0.580. The largest absolute Gasteiger partial charge is 0.507 e. The Bertz CT molecular complexity index is 572. The van der Waals surface area contributed by atoms with Crippen LogP contribution in [0.25, 0.3) is 11.1 Å². The lowest BCUT2D eigenvalue weighted by Gasteiger charge is -2.16. The summed E-state index contributed by atoms with van der Waals surface area (Å²) < 4.78 is 0. The number of aryl methyl sites for hydroxylation is 1. The number of phenolic OH excluding ortho intramolecular Hbond substituents is 1. The zero-order valence-corrected chi connectivity index (χ0v) is 13.9. The Morgan fingerprint density at radius 2 is 1.55 bits per heavy atom. The number of benzene rings is 2. The molecule has 0 aliphatic heterocycles. The molecule has 2 rings (SSSR count). The summed E-state index contributed by atoms with van der Waals surface area (Å²) in [5, 5.41) is 10.4. The molecule has 0 heterocycles. The summed E-state index contributed by atoms with van der Waals surface area (Å²) in [6, 6.07) is 14.2. The van der Waals surface area contributed by atoms with Gasteiger partial charge in [-0.05, 0) is 42.0 Å². The second-order valence-electron chi connectivity index (χ2n) is 5.98. The molecule has 22 heavy (non-hydrogen) atoms. The van der Waals surface area contributed by atoms with Gasteiger partial charge in [0.1, 0.15) is 5.75 Å². The van der Waals surface area contributed by atoms with Crippen molar-refractivity contribution in [3.8, 4) is 16.9 Å². The number of unbranched alkanes of at least 4 members (excludes halogenated alkanes) is 4. The summed E-state index contributed by atoms with van der Waals surface area (Å²) in [7, 11) is 0. The summed E-state index contributed by atoms with van der Waals surface area (Å²) in [5.74, 6) is 0.409. The van der Waals surface area contributed by atoms with Crippen LogP contribution in [0.5, 0.6) is 5.75 Å². The SMILES string of the molecule is CCCCCCCc1c(CC)ccc(O)c1-c1ccccc1. The molecule has 2 aromatic carbocycles. The highest BCUT2D eigenvalue weighted by Crippen LogP contribution is 2.36. The maximum Gasteiger partial charge on any atom is 0.123 e. The number of hydrogen-bond acceptors (Lipinski definition) is 1. The summed E-state index contributed by atoms with van der Waals surface area (Å²) >= 11 is 0. The highest BCUT2D eigenvalue weighted by molar-refractivity contribution is 5.75. The first-order valence-corrected chi connectivity index (χ1v) is 8.67. The zero-order valence-electron chi connectivity index (χ0n) is 13.9. The van der Waals surface area contributed by atoms with Crippen LogP contribution in [-0.4, -0.2) is 5.11 Å². The first kappa shape index (κ1) is 16.6. The fraction of sp³-hybridized carbons (Fsp3) is 0.429. The molecular weight excluding hydrogens is 268 g/mol. The minimum absolute atomic E-state index is 0.409. The molecule has 118 valence electrons. The molecule has 0 aliphatic rings. The molecule has 0 saturated carbocycles. The van der Waals surface area contributed by atoms with Crippen molar-refractivity contribution in [3.05, 3.63) is 53.6 Å². The molecule has 0 aliphatic carbocycles. The first-order valence-electron chi connectivity index (χ1n) is 8.67. The summed E-state index contributed by atoms with van der Waals surface area (Å²) in [6.45, 7) is 4.44. The lowest BCUT2D eigenvalue weighted by molar-refractivity contribution is 0.476. The lowest BCUT2D eigenvalue weighted by Crippen LogP contribution is -1.98. The van der Waals surface area contributed by atoms with Crippen LogP contribution in [-0.2, 0) is 12.8 Å². The van der Waals surface area contributed by atoms with E-state index in [0.717, 1.165) is 24.0 Å². The van der Waals surface area contributed by atoms with Crippen molar-refractivity contribution in [2.75, 3.05) is 0 Å². The Kier molecular flexibility index (Phi) is 6.51. The lowest BCUT2D eigenvalue weighted by atomic mass is 9.90. The third kappa shape index (κ3) is 4.13. The molecule has 0 saturated heterocycles. The van der Waals surface area contributed by atoms with E-state index >= 15 is 0 Å². The molecule has 0 spiro atoms. The van der Waals surface area contributed by atoms with Gasteiger partial charge in [0.05, 0.1) is 0 Å². The Morgan fingerprint density at radius 1 is 0.818 bits per heavy atom. The van der Waals surface area contributed by atoms with E-state index in [9.17, 15) is 5.11 Å². The summed E-state index contributed by atoms with van der Waals surface area (Å²) in [6.07, 6.45) is 8.48. The fourth-order valence-electron chi connectivity index (χ4n) is 3.13. The minimum atomic E-state index is 0.409. The van der Waals surface area contributed by atoms with Gasteiger partial charge in [0.2, 0.25) is 0 Å². The highest BCUT2D eigenvalue weighted by Gasteiger charge is 2.13. The molecule has 1 heteroatoms. The van der Waals surface area contributed by atoms with Gasteiger partial charge in [-0.15, -0.1) is 0 Å². The summed E-state index contributed by atoms with van der Waals surface area (Å²) in [4.78, 5) is 0. The molecule has 0 fully saturated rings. The molecule has 1 nitrogen and oxygen atoms in total. The van der Waals surface area contributed by atoms with Crippen molar-refractivity contribution in [3.63, 3.8) is 0 Å². The van der Waals surface area contributed by atoms with Crippen LogP contribution in [0.2, 0.25) is 0 Å². The van der Waals surface area contributed by atoms with Gasteiger partial charge in [-0.3, -0.25) is 0 Å². The van der Waals surface area contributed by atoms with E-state index in [4.69, 9.17) is 0 Å². The van der Waals surface area contributed by atoms with Gasteiger partial charge in [0, 0.05) is 5.56 Å². The topological polar surface area (TPSA) is 20.2 Å². The predicted octanol–water partition coefficient (Wildman–Crippen LogP) is 6.13. The van der Waals surface area contributed by atoms with E-state index in [1.54, 1.807) is 0 Å². The molecular formula is C21H28O. The predicted molar refractivity (Wildman–Crippen MR) is 95.4 cm³/mol. The molecule has 1 N–H and O–H groups in total. The smallest absolute Gasteiger partial charge is 0.123 e. The minimum Gasteiger partial charge on any atom is -0.507 e. The molecule has 0 aromatic heterocycles. The Morgan fingerprint density at radius 3 is 2.23 bits per heavy atom. The normalized spacial score (nSPS) is 10.8. The second-order valence-corrected chi connectivity index (χ2v) is 5.98. The standard InChI is InChI=1S/C21H28O/c1-3-5-6-7-11-14-19-17(4-2)15-16-20(22)21(19)18-12-9-8-10-13-18/h8-10,12-13,15-16,22H,3-7,11,14H2,1-2H3. The number of phenols is 1. The van der Waals surface area contributed by atoms with Gasteiger partial charge < -0.3 is 5.11 Å². The van der Waals surface area contributed by atoms with Gasteiger partial charge in [0.15, 0.2) is 0 Å². The van der Waals surface area contributed by atoms with E-state index in [2.05, 4.69) is 32.0 Å². The monoisotopic (exact) mass is 296 g/mol. The molecule has 0 atom stereocenters. The van der Waals surface area contributed by atoms with Crippen LogP contribution < -0.4 is 0 Å². The van der Waals surface area contributed by atoms with E-state index in [0.29, 0.717) is 5.75 Å². The van der Waals surface area contributed by atoms with Gasteiger partial charge in [-0.25, -0.2) is 0 Å². The average Bonchev–Trinajstić information content (AvgIpc) is 2.55. The average molecular weight is 296 g/mol. The van der Waals surface area contributed by atoms with Crippen LogP contribution in [0.15, 0.2) is 42.5 Å². The van der Waals surface area contributed by atoms with Crippen LogP contribution in [0, 0.1) is 0 Å². The van der Waals surface area contributed by atoms with Crippen LogP contribution >= 0.6 is 0 Å². The molecule has 0 unspecified atom stereocenters. The Balaban J connectivity index is 2.27. The second kappa shape index (κ2) is 8.63. The maximum absolute atomic E-state index is 10.4. The Hall–Kier alpha value is -1.76. The molecule has 0 amide bonds. The van der Waals surface area contributed by atoms with Gasteiger partial charge in [0.25, 0.3) is 0 Å². The van der Waals surface area contributed by atoms with Crippen molar-refractivity contribution in [2.24, 2.45) is 0 Å². The Labute approximate surface area is 135 Å². The van der Waals surface area contributed by atoms with E-state index in [-0.39, 0.29) is 0 Å². The highest BCUT2D eigenvalue weighted by atomic mass is 16.3. The van der Waals surface area contributed by atoms with Gasteiger partial charge in [-0.2, -0.15) is 0 Å². The fourth-order valence-corrected chi connectivity index (χ4v) is 3.13. The van der Waals surface area contributed by atoms with Crippen molar-refractivity contribution < 1.29 is 5.11 Å². The van der Waals surface area contributed by atoms with Crippen molar-refractivity contribution in [1.29, 1.82) is 0 Å². The van der Waals surface area contributed by atoms with E-state index in [1.807, 2.05) is 24.3 Å². The first-order chi connectivity index (χ1) is 10.8. The van der Waals surface area contributed by atoms with Gasteiger partial charge >= 0.3 is 0 Å². The third-order valence-corrected chi connectivity index (χ3v) is 4.36. The molecule has 0 bridgehead atoms. The van der Waals surface area contributed by atoms with Crippen molar-refractivity contribution in [1.82, 2.24) is 0 Å². The maximum atomic E-state index is 10.4. The summed E-state index contributed by atoms with van der Waals surface area (Å²) in [5.41, 5.74) is 4.87.